The van der Waals surface area contributed by atoms with E-state index in [2.05, 4.69) is 0 Å². The lowest BCUT2D eigenvalue weighted by Gasteiger charge is -2.24. The third-order valence-electron chi connectivity index (χ3n) is 3.07. The second-order valence-electron chi connectivity index (χ2n) is 4.24. The zero-order valence-corrected chi connectivity index (χ0v) is 11.6. The number of fused-ring (bicyclic) bond motifs is 1. The van der Waals surface area contributed by atoms with Crippen LogP contribution in [0.3, 0.4) is 0 Å². The summed E-state index contributed by atoms with van der Waals surface area (Å²) in [6.45, 7) is 1.90. The monoisotopic (exact) mass is 280 g/mol. The van der Waals surface area contributed by atoms with E-state index in [1.54, 1.807) is 19.1 Å². The number of hydrogen-bond acceptors (Lipinski definition) is 6. The lowest BCUT2D eigenvalue weighted by atomic mass is 9.95. The van der Waals surface area contributed by atoms with Gasteiger partial charge in [-0.25, -0.2) is 0 Å². The third kappa shape index (κ3) is 2.54. The minimum Gasteiger partial charge on any atom is -0.496 e. The van der Waals surface area contributed by atoms with E-state index in [1.807, 2.05) is 0 Å². The third-order valence-corrected chi connectivity index (χ3v) is 3.07. The normalized spacial score (nSPS) is 16.9. The molecule has 0 aromatic heterocycles. The first kappa shape index (κ1) is 14.2. The molecule has 1 aromatic carbocycles. The van der Waals surface area contributed by atoms with Crippen molar-refractivity contribution in [3.05, 3.63) is 17.7 Å². The number of rotatable bonds is 4. The highest BCUT2D eigenvalue weighted by Crippen LogP contribution is 2.39. The van der Waals surface area contributed by atoms with Crippen LogP contribution in [0.1, 0.15) is 12.5 Å². The standard InChI is InChI=1S/C14H16O6/c1-4-19-13(15)10-7-9-11(18-3)5-8(17-2)6-12(9)20-14(10)16/h5-6,10H,4,7H2,1-3H3. The molecule has 20 heavy (non-hydrogen) atoms. The number of carbonyl (C=O) groups is 2. The Balaban J connectivity index is 2.37. The number of ether oxygens (including phenoxy) is 4. The van der Waals surface area contributed by atoms with Gasteiger partial charge in [0, 0.05) is 24.1 Å². The average Bonchev–Trinajstić information content (AvgIpc) is 2.45. The number of benzene rings is 1. The molecule has 1 heterocycles. The Morgan fingerprint density at radius 2 is 2.10 bits per heavy atom. The largest absolute Gasteiger partial charge is 0.496 e. The lowest BCUT2D eigenvalue weighted by Crippen LogP contribution is -2.35. The van der Waals surface area contributed by atoms with Gasteiger partial charge in [-0.3, -0.25) is 9.59 Å². The summed E-state index contributed by atoms with van der Waals surface area (Å²) in [6.07, 6.45) is 0.195. The molecule has 1 aromatic rings. The Morgan fingerprint density at radius 3 is 2.70 bits per heavy atom. The maximum absolute atomic E-state index is 11.9. The molecule has 6 nitrogen and oxygen atoms in total. The van der Waals surface area contributed by atoms with Gasteiger partial charge >= 0.3 is 11.9 Å². The highest BCUT2D eigenvalue weighted by atomic mass is 16.6. The molecule has 0 fully saturated rings. The molecule has 1 unspecified atom stereocenters. The van der Waals surface area contributed by atoms with Crippen molar-refractivity contribution in [1.29, 1.82) is 0 Å². The first-order valence-corrected chi connectivity index (χ1v) is 6.24. The van der Waals surface area contributed by atoms with Crippen LogP contribution in [0.2, 0.25) is 0 Å². The van der Waals surface area contributed by atoms with E-state index < -0.39 is 17.9 Å². The van der Waals surface area contributed by atoms with Gasteiger partial charge in [-0.15, -0.1) is 0 Å². The van der Waals surface area contributed by atoms with Gasteiger partial charge < -0.3 is 18.9 Å². The van der Waals surface area contributed by atoms with Crippen LogP contribution >= 0.6 is 0 Å². The maximum Gasteiger partial charge on any atom is 0.326 e. The SMILES string of the molecule is CCOC(=O)C1Cc2c(OC)cc(OC)cc2OC1=O. The van der Waals surface area contributed by atoms with Crippen LogP contribution < -0.4 is 14.2 Å². The summed E-state index contributed by atoms with van der Waals surface area (Å²) < 4.78 is 20.4. The molecule has 6 heteroatoms. The zero-order chi connectivity index (χ0) is 14.7. The van der Waals surface area contributed by atoms with Gasteiger partial charge in [-0.1, -0.05) is 0 Å². The molecule has 0 aliphatic carbocycles. The Labute approximate surface area is 116 Å². The Hall–Kier alpha value is -2.24. The number of carbonyl (C=O) groups excluding carboxylic acids is 2. The summed E-state index contributed by atoms with van der Waals surface area (Å²) in [6, 6.07) is 3.28. The van der Waals surface area contributed by atoms with Gasteiger partial charge in [0.15, 0.2) is 5.92 Å². The molecule has 0 saturated heterocycles. The second kappa shape index (κ2) is 5.81. The minimum absolute atomic E-state index is 0.195. The summed E-state index contributed by atoms with van der Waals surface area (Å²) >= 11 is 0. The molecular weight excluding hydrogens is 264 g/mol. The van der Waals surface area contributed by atoms with Gasteiger partial charge in [-0.2, -0.15) is 0 Å². The molecule has 0 bridgehead atoms. The van der Waals surface area contributed by atoms with Gasteiger partial charge in [0.05, 0.1) is 20.8 Å². The van der Waals surface area contributed by atoms with Crippen LogP contribution in [-0.4, -0.2) is 32.8 Å². The predicted molar refractivity (Wildman–Crippen MR) is 69.0 cm³/mol. The first-order valence-electron chi connectivity index (χ1n) is 6.24. The number of methoxy groups -OCH3 is 2. The molecule has 0 N–H and O–H groups in total. The quantitative estimate of drug-likeness (QED) is 0.471. The molecule has 0 amide bonds. The molecule has 1 aliphatic rings. The van der Waals surface area contributed by atoms with Crippen molar-refractivity contribution in [1.82, 2.24) is 0 Å². The van der Waals surface area contributed by atoms with Crippen molar-refractivity contribution < 1.29 is 28.5 Å². The van der Waals surface area contributed by atoms with Gasteiger partial charge in [0.1, 0.15) is 17.2 Å². The summed E-state index contributed by atoms with van der Waals surface area (Å²) in [4.78, 5) is 23.6. The van der Waals surface area contributed by atoms with E-state index >= 15 is 0 Å². The van der Waals surface area contributed by atoms with Crippen LogP contribution in [0.15, 0.2) is 12.1 Å². The van der Waals surface area contributed by atoms with Gasteiger partial charge in [0.25, 0.3) is 0 Å². The van der Waals surface area contributed by atoms with Crippen molar-refractivity contribution in [2.45, 2.75) is 13.3 Å². The molecule has 0 saturated carbocycles. The molecule has 1 atom stereocenters. The van der Waals surface area contributed by atoms with E-state index in [-0.39, 0.29) is 13.0 Å². The van der Waals surface area contributed by atoms with E-state index in [0.29, 0.717) is 22.8 Å². The molecule has 0 radical (unpaired) electrons. The molecular formula is C14H16O6. The van der Waals surface area contributed by atoms with Crippen molar-refractivity contribution in [3.8, 4) is 17.2 Å². The maximum atomic E-state index is 11.9. The number of esters is 2. The Kier molecular flexibility index (Phi) is 4.12. The molecule has 2 rings (SSSR count). The van der Waals surface area contributed by atoms with E-state index in [1.165, 1.54) is 14.2 Å². The second-order valence-corrected chi connectivity index (χ2v) is 4.24. The predicted octanol–water partition coefficient (Wildman–Crippen LogP) is 1.34. The molecule has 1 aliphatic heterocycles. The fourth-order valence-electron chi connectivity index (χ4n) is 2.08. The van der Waals surface area contributed by atoms with Crippen LogP contribution in [0.25, 0.3) is 0 Å². The van der Waals surface area contributed by atoms with Crippen molar-refractivity contribution >= 4 is 11.9 Å². The van der Waals surface area contributed by atoms with Crippen molar-refractivity contribution in [3.63, 3.8) is 0 Å². The molecule has 108 valence electrons. The number of hydrogen-bond donors (Lipinski definition) is 0. The fraction of sp³-hybridized carbons (Fsp3) is 0.429. The summed E-state index contributed by atoms with van der Waals surface area (Å²) in [7, 11) is 3.01. The van der Waals surface area contributed by atoms with Crippen LogP contribution in [0.4, 0.5) is 0 Å². The van der Waals surface area contributed by atoms with E-state index in [4.69, 9.17) is 18.9 Å². The van der Waals surface area contributed by atoms with E-state index in [9.17, 15) is 9.59 Å². The van der Waals surface area contributed by atoms with Crippen molar-refractivity contribution in [2.75, 3.05) is 20.8 Å². The average molecular weight is 280 g/mol. The van der Waals surface area contributed by atoms with Gasteiger partial charge in [0.2, 0.25) is 0 Å². The summed E-state index contributed by atoms with van der Waals surface area (Å²) in [5, 5.41) is 0. The Morgan fingerprint density at radius 1 is 1.35 bits per heavy atom. The van der Waals surface area contributed by atoms with Crippen LogP contribution in [0.5, 0.6) is 17.2 Å². The summed E-state index contributed by atoms with van der Waals surface area (Å²) in [5.74, 6) is -0.770. The Bertz CT molecular complexity index is 537. The smallest absolute Gasteiger partial charge is 0.326 e. The van der Waals surface area contributed by atoms with Crippen LogP contribution in [-0.2, 0) is 20.7 Å². The lowest BCUT2D eigenvalue weighted by molar-refractivity contribution is -0.157. The topological polar surface area (TPSA) is 71.1 Å². The fourth-order valence-corrected chi connectivity index (χ4v) is 2.08. The zero-order valence-electron chi connectivity index (χ0n) is 11.6. The van der Waals surface area contributed by atoms with Gasteiger partial charge in [-0.05, 0) is 6.92 Å². The van der Waals surface area contributed by atoms with Crippen molar-refractivity contribution in [2.24, 2.45) is 5.92 Å². The van der Waals surface area contributed by atoms with E-state index in [0.717, 1.165) is 0 Å². The highest BCUT2D eigenvalue weighted by molar-refractivity contribution is 5.97. The first-order chi connectivity index (χ1) is 9.60. The minimum atomic E-state index is -0.954. The van der Waals surface area contributed by atoms with Crippen LogP contribution in [0, 0.1) is 5.92 Å². The highest BCUT2D eigenvalue weighted by Gasteiger charge is 2.37. The molecule has 0 spiro atoms. The summed E-state index contributed by atoms with van der Waals surface area (Å²) in [5.41, 5.74) is 0.658.